The van der Waals surface area contributed by atoms with Gasteiger partial charge in [-0.15, -0.1) is 0 Å². The maximum absolute atomic E-state index is 12.6. The molecule has 0 radical (unpaired) electrons. The molecule has 35 heavy (non-hydrogen) atoms. The normalized spacial score (nSPS) is 10.4. The maximum Gasteiger partial charge on any atom is 0.339 e. The lowest BCUT2D eigenvalue weighted by Gasteiger charge is -2.17. The van der Waals surface area contributed by atoms with E-state index in [4.69, 9.17) is 9.47 Å². The van der Waals surface area contributed by atoms with E-state index in [9.17, 15) is 19.2 Å². The Morgan fingerprint density at radius 1 is 0.771 bits per heavy atom. The number of amides is 1. The number of rotatable bonds is 9. The summed E-state index contributed by atoms with van der Waals surface area (Å²) in [7, 11) is 2.41. The zero-order valence-corrected chi connectivity index (χ0v) is 19.4. The van der Waals surface area contributed by atoms with Crippen LogP contribution in [0.2, 0.25) is 0 Å². The van der Waals surface area contributed by atoms with Crippen molar-refractivity contribution in [2.45, 2.75) is 12.3 Å². The van der Waals surface area contributed by atoms with E-state index in [1.165, 1.54) is 32.4 Å². The SMILES string of the molecule is COC(=O)c1ccc(C(=O)OC)c(NC(=O)COC(=O)CC(c2ccccc2)c2ccccc2)c1. The Hall–Kier alpha value is -4.46. The highest BCUT2D eigenvalue weighted by atomic mass is 16.5. The van der Waals surface area contributed by atoms with Crippen molar-refractivity contribution in [2.24, 2.45) is 0 Å². The molecule has 8 nitrogen and oxygen atoms in total. The van der Waals surface area contributed by atoms with Crippen molar-refractivity contribution in [1.82, 2.24) is 0 Å². The van der Waals surface area contributed by atoms with Crippen LogP contribution in [0.25, 0.3) is 0 Å². The largest absolute Gasteiger partial charge is 0.465 e. The van der Waals surface area contributed by atoms with E-state index < -0.39 is 30.4 Å². The highest BCUT2D eigenvalue weighted by Gasteiger charge is 2.21. The molecule has 0 bridgehead atoms. The van der Waals surface area contributed by atoms with Crippen molar-refractivity contribution >= 4 is 29.5 Å². The number of esters is 3. The minimum atomic E-state index is -0.706. The molecule has 180 valence electrons. The molecule has 0 saturated heterocycles. The molecule has 1 N–H and O–H groups in total. The monoisotopic (exact) mass is 475 g/mol. The van der Waals surface area contributed by atoms with Gasteiger partial charge in [-0.2, -0.15) is 0 Å². The topological polar surface area (TPSA) is 108 Å². The molecule has 0 aliphatic heterocycles. The van der Waals surface area contributed by atoms with E-state index in [-0.39, 0.29) is 29.2 Å². The number of hydrogen-bond acceptors (Lipinski definition) is 7. The summed E-state index contributed by atoms with van der Waals surface area (Å²) >= 11 is 0. The fourth-order valence-electron chi connectivity index (χ4n) is 3.54. The van der Waals surface area contributed by atoms with Crippen LogP contribution in [0.5, 0.6) is 0 Å². The minimum Gasteiger partial charge on any atom is -0.465 e. The quantitative estimate of drug-likeness (QED) is 0.369. The van der Waals surface area contributed by atoms with E-state index in [0.29, 0.717) is 0 Å². The van der Waals surface area contributed by atoms with Gasteiger partial charge in [0.2, 0.25) is 0 Å². The molecule has 0 heterocycles. The molecule has 3 rings (SSSR count). The second-order valence-electron chi connectivity index (χ2n) is 7.53. The average molecular weight is 475 g/mol. The van der Waals surface area contributed by atoms with Crippen LogP contribution >= 0.6 is 0 Å². The average Bonchev–Trinajstić information content (AvgIpc) is 2.90. The van der Waals surface area contributed by atoms with Gasteiger partial charge in [0.05, 0.1) is 37.5 Å². The molecule has 0 aromatic heterocycles. The summed E-state index contributed by atoms with van der Waals surface area (Å²) in [6, 6.07) is 23.1. The number of ether oxygens (including phenoxy) is 3. The first-order chi connectivity index (χ1) is 16.9. The molecule has 3 aromatic carbocycles. The van der Waals surface area contributed by atoms with Crippen molar-refractivity contribution in [3.05, 3.63) is 101 Å². The molecule has 3 aromatic rings. The molecule has 0 fully saturated rings. The van der Waals surface area contributed by atoms with Gasteiger partial charge >= 0.3 is 17.9 Å². The van der Waals surface area contributed by atoms with Crippen molar-refractivity contribution in [3.63, 3.8) is 0 Å². The van der Waals surface area contributed by atoms with Crippen molar-refractivity contribution in [1.29, 1.82) is 0 Å². The van der Waals surface area contributed by atoms with Gasteiger partial charge in [0, 0.05) is 5.92 Å². The third-order valence-corrected chi connectivity index (χ3v) is 5.26. The van der Waals surface area contributed by atoms with Crippen molar-refractivity contribution in [2.75, 3.05) is 26.1 Å². The molecule has 1 amide bonds. The van der Waals surface area contributed by atoms with Gasteiger partial charge in [0.1, 0.15) is 0 Å². The predicted molar refractivity (Wildman–Crippen MR) is 128 cm³/mol. The smallest absolute Gasteiger partial charge is 0.339 e. The Morgan fingerprint density at radius 2 is 1.34 bits per heavy atom. The Labute approximate surface area is 202 Å². The molecule has 0 saturated carbocycles. The number of benzene rings is 3. The number of anilines is 1. The fourth-order valence-corrected chi connectivity index (χ4v) is 3.54. The molecule has 8 heteroatoms. The lowest BCUT2D eigenvalue weighted by atomic mass is 9.89. The molecule has 0 aliphatic carbocycles. The number of methoxy groups -OCH3 is 2. The van der Waals surface area contributed by atoms with Gasteiger partial charge in [-0.3, -0.25) is 9.59 Å². The first-order valence-electron chi connectivity index (χ1n) is 10.8. The van der Waals surface area contributed by atoms with Gasteiger partial charge in [-0.1, -0.05) is 60.7 Å². The van der Waals surface area contributed by atoms with Gasteiger partial charge < -0.3 is 19.5 Å². The molecule has 0 atom stereocenters. The van der Waals surface area contributed by atoms with Crippen LogP contribution in [-0.2, 0) is 23.8 Å². The number of hydrogen-bond donors (Lipinski definition) is 1. The third kappa shape index (κ3) is 6.77. The van der Waals surface area contributed by atoms with Gasteiger partial charge in [-0.05, 0) is 29.3 Å². The van der Waals surface area contributed by atoms with Crippen LogP contribution in [0.1, 0.15) is 44.2 Å². The predicted octanol–water partition coefficient (Wildman–Crippen LogP) is 3.96. The molecule has 0 spiro atoms. The summed E-state index contributed by atoms with van der Waals surface area (Å²) in [5.41, 5.74) is 2.09. The summed E-state index contributed by atoms with van der Waals surface area (Å²) in [6.07, 6.45) is 0.0343. The van der Waals surface area contributed by atoms with Gasteiger partial charge in [-0.25, -0.2) is 9.59 Å². The van der Waals surface area contributed by atoms with E-state index in [1.807, 2.05) is 60.7 Å². The Morgan fingerprint density at radius 3 is 1.89 bits per heavy atom. The molecule has 0 unspecified atom stereocenters. The summed E-state index contributed by atoms with van der Waals surface area (Å²) in [6.45, 7) is -0.571. The second-order valence-corrected chi connectivity index (χ2v) is 7.53. The Kier molecular flexibility index (Phi) is 8.72. The van der Waals surface area contributed by atoms with Crippen molar-refractivity contribution in [3.8, 4) is 0 Å². The summed E-state index contributed by atoms with van der Waals surface area (Å²) in [5.74, 6) is -2.83. The standard InChI is InChI=1S/C27H25NO7/c1-33-26(31)20-13-14-21(27(32)34-2)23(15-20)28-24(29)17-35-25(30)16-22(18-9-5-3-6-10-18)19-11-7-4-8-12-19/h3-15,22H,16-17H2,1-2H3,(H,28,29). The number of carbonyl (C=O) groups is 4. The lowest BCUT2D eigenvalue weighted by molar-refractivity contribution is -0.147. The van der Waals surface area contributed by atoms with E-state index in [2.05, 4.69) is 10.1 Å². The maximum atomic E-state index is 12.6. The van der Waals surface area contributed by atoms with Crippen LogP contribution in [-0.4, -0.2) is 44.6 Å². The summed E-state index contributed by atoms with van der Waals surface area (Å²) < 4.78 is 14.6. The third-order valence-electron chi connectivity index (χ3n) is 5.26. The van der Waals surface area contributed by atoms with Crippen LogP contribution < -0.4 is 5.32 Å². The van der Waals surface area contributed by atoms with E-state index in [0.717, 1.165) is 11.1 Å². The van der Waals surface area contributed by atoms with Gasteiger partial charge in [0.25, 0.3) is 5.91 Å². The summed E-state index contributed by atoms with van der Waals surface area (Å²) in [5, 5.41) is 2.49. The zero-order valence-electron chi connectivity index (χ0n) is 19.4. The fraction of sp³-hybridized carbons (Fsp3) is 0.185. The van der Waals surface area contributed by atoms with Crippen molar-refractivity contribution < 1.29 is 33.4 Å². The Balaban J connectivity index is 1.68. The first-order valence-corrected chi connectivity index (χ1v) is 10.8. The zero-order chi connectivity index (χ0) is 25.2. The molecular weight excluding hydrogens is 450 g/mol. The number of carbonyl (C=O) groups excluding carboxylic acids is 4. The molecular formula is C27H25NO7. The first kappa shape index (κ1) is 25.2. The van der Waals surface area contributed by atoms with Crippen LogP contribution in [0.15, 0.2) is 78.9 Å². The van der Waals surface area contributed by atoms with Crippen LogP contribution in [0, 0.1) is 0 Å². The molecule has 0 aliphatic rings. The second kappa shape index (κ2) is 12.1. The Bertz CT molecular complexity index is 1150. The highest BCUT2D eigenvalue weighted by Crippen LogP contribution is 2.28. The van der Waals surface area contributed by atoms with Crippen LogP contribution in [0.4, 0.5) is 5.69 Å². The van der Waals surface area contributed by atoms with Gasteiger partial charge in [0.15, 0.2) is 6.61 Å². The minimum absolute atomic E-state index is 0.0343. The van der Waals surface area contributed by atoms with E-state index >= 15 is 0 Å². The number of nitrogens with one attached hydrogen (secondary N) is 1. The summed E-state index contributed by atoms with van der Waals surface area (Å²) in [4.78, 5) is 49.0. The van der Waals surface area contributed by atoms with E-state index in [1.54, 1.807) is 0 Å². The lowest BCUT2D eigenvalue weighted by Crippen LogP contribution is -2.23. The highest BCUT2D eigenvalue weighted by molar-refractivity contribution is 6.04. The van der Waals surface area contributed by atoms with Crippen LogP contribution in [0.3, 0.4) is 0 Å².